The molecule has 0 amide bonds. The molecule has 16 heavy (non-hydrogen) atoms. The summed E-state index contributed by atoms with van der Waals surface area (Å²) in [7, 11) is 1.97. The molecule has 1 aliphatic rings. The predicted molar refractivity (Wildman–Crippen MR) is 64.5 cm³/mol. The van der Waals surface area contributed by atoms with Gasteiger partial charge in [-0.05, 0) is 24.8 Å². The van der Waals surface area contributed by atoms with Crippen molar-refractivity contribution in [3.05, 3.63) is 18.0 Å². The molecule has 1 aromatic heterocycles. The average Bonchev–Trinajstić information content (AvgIpc) is 2.92. The van der Waals surface area contributed by atoms with E-state index >= 15 is 0 Å². The summed E-state index contributed by atoms with van der Waals surface area (Å²) in [6.07, 6.45) is 9.86. The summed E-state index contributed by atoms with van der Waals surface area (Å²) in [5.41, 5.74) is 4.09. The van der Waals surface area contributed by atoms with Gasteiger partial charge in [-0.25, -0.2) is 0 Å². The molecule has 0 radical (unpaired) electrons. The molecule has 0 aromatic carbocycles. The van der Waals surface area contributed by atoms with Crippen molar-refractivity contribution in [2.45, 2.75) is 44.6 Å². The van der Waals surface area contributed by atoms with E-state index in [1.807, 2.05) is 24.0 Å². The van der Waals surface area contributed by atoms with Gasteiger partial charge in [-0.2, -0.15) is 5.10 Å². The van der Waals surface area contributed by atoms with Crippen LogP contribution >= 0.6 is 0 Å². The van der Waals surface area contributed by atoms with Crippen molar-refractivity contribution >= 4 is 0 Å². The topological polar surface area (TPSA) is 55.9 Å². The molecule has 0 saturated heterocycles. The third-order valence-corrected chi connectivity index (χ3v) is 3.76. The Labute approximate surface area is 97.2 Å². The van der Waals surface area contributed by atoms with Gasteiger partial charge in [0.2, 0.25) is 0 Å². The Morgan fingerprint density at radius 3 is 2.88 bits per heavy atom. The van der Waals surface area contributed by atoms with Gasteiger partial charge in [-0.1, -0.05) is 25.7 Å². The molecule has 1 fully saturated rings. The lowest BCUT2D eigenvalue weighted by molar-refractivity contribution is 0.402. The number of rotatable bonds is 5. The fourth-order valence-electron chi connectivity index (χ4n) is 2.74. The Balaban J connectivity index is 1.88. The summed E-state index contributed by atoms with van der Waals surface area (Å²) in [5, 5.41) is 4.19. The van der Waals surface area contributed by atoms with Crippen LogP contribution in [0, 0.1) is 5.92 Å². The lowest BCUT2D eigenvalue weighted by atomic mass is 9.97. The van der Waals surface area contributed by atoms with Crippen LogP contribution in [0.4, 0.5) is 0 Å². The standard InChI is InChI=1S/C12H22N4/c1-16-12(8-9-14-16)11(15-13)7-6-10-4-2-3-5-10/h8-11,15H,2-7,13H2,1H3. The molecule has 90 valence electrons. The zero-order valence-corrected chi connectivity index (χ0v) is 10.0. The maximum Gasteiger partial charge on any atom is 0.0629 e. The van der Waals surface area contributed by atoms with E-state index in [2.05, 4.69) is 10.5 Å². The number of nitrogens with one attached hydrogen (secondary N) is 1. The monoisotopic (exact) mass is 222 g/mol. The van der Waals surface area contributed by atoms with E-state index in [9.17, 15) is 0 Å². The summed E-state index contributed by atoms with van der Waals surface area (Å²) < 4.78 is 1.90. The SMILES string of the molecule is Cn1nccc1C(CCC1CCCC1)NN. The van der Waals surface area contributed by atoms with E-state index in [1.165, 1.54) is 37.8 Å². The largest absolute Gasteiger partial charge is 0.271 e. The van der Waals surface area contributed by atoms with Gasteiger partial charge in [0, 0.05) is 13.2 Å². The van der Waals surface area contributed by atoms with Crippen molar-refractivity contribution in [1.82, 2.24) is 15.2 Å². The van der Waals surface area contributed by atoms with Gasteiger partial charge < -0.3 is 0 Å². The van der Waals surface area contributed by atoms with E-state index in [0.29, 0.717) is 0 Å². The van der Waals surface area contributed by atoms with E-state index in [0.717, 1.165) is 12.3 Å². The molecule has 1 unspecified atom stereocenters. The smallest absolute Gasteiger partial charge is 0.0629 e. The van der Waals surface area contributed by atoms with Crippen molar-refractivity contribution in [3.63, 3.8) is 0 Å². The molecule has 0 bridgehead atoms. The van der Waals surface area contributed by atoms with Crippen LogP contribution in [0.2, 0.25) is 0 Å². The van der Waals surface area contributed by atoms with Crippen LogP contribution in [0.3, 0.4) is 0 Å². The highest BCUT2D eigenvalue weighted by molar-refractivity contribution is 5.06. The number of aryl methyl sites for hydroxylation is 1. The number of hydrogen-bond acceptors (Lipinski definition) is 3. The fraction of sp³-hybridized carbons (Fsp3) is 0.750. The molecule has 4 nitrogen and oxygen atoms in total. The summed E-state index contributed by atoms with van der Waals surface area (Å²) in [4.78, 5) is 0. The Hall–Kier alpha value is -0.870. The maximum atomic E-state index is 5.63. The van der Waals surface area contributed by atoms with Crippen LogP contribution < -0.4 is 11.3 Å². The van der Waals surface area contributed by atoms with Crippen molar-refractivity contribution in [3.8, 4) is 0 Å². The highest BCUT2D eigenvalue weighted by atomic mass is 15.3. The van der Waals surface area contributed by atoms with Gasteiger partial charge in [0.1, 0.15) is 0 Å². The molecule has 1 heterocycles. The lowest BCUT2D eigenvalue weighted by Crippen LogP contribution is -2.29. The van der Waals surface area contributed by atoms with Crippen LogP contribution in [-0.2, 0) is 7.05 Å². The minimum absolute atomic E-state index is 0.244. The number of nitrogens with zero attached hydrogens (tertiary/aromatic N) is 2. The van der Waals surface area contributed by atoms with Gasteiger partial charge in [0.15, 0.2) is 0 Å². The Morgan fingerprint density at radius 1 is 1.56 bits per heavy atom. The first kappa shape index (κ1) is 11.6. The number of nitrogens with two attached hydrogens (primary N) is 1. The molecule has 1 aromatic rings. The highest BCUT2D eigenvalue weighted by Crippen LogP contribution is 2.31. The minimum atomic E-state index is 0.244. The van der Waals surface area contributed by atoms with Gasteiger partial charge in [-0.3, -0.25) is 16.0 Å². The van der Waals surface area contributed by atoms with E-state index in [4.69, 9.17) is 5.84 Å². The van der Waals surface area contributed by atoms with E-state index in [-0.39, 0.29) is 6.04 Å². The van der Waals surface area contributed by atoms with E-state index in [1.54, 1.807) is 0 Å². The van der Waals surface area contributed by atoms with Crippen LogP contribution in [-0.4, -0.2) is 9.78 Å². The normalized spacial score (nSPS) is 19.1. The maximum absolute atomic E-state index is 5.63. The molecule has 4 heteroatoms. The lowest BCUT2D eigenvalue weighted by Gasteiger charge is -2.18. The minimum Gasteiger partial charge on any atom is -0.271 e. The van der Waals surface area contributed by atoms with Crippen molar-refractivity contribution in [1.29, 1.82) is 0 Å². The first-order chi connectivity index (χ1) is 7.81. The van der Waals surface area contributed by atoms with Gasteiger partial charge in [-0.15, -0.1) is 0 Å². The van der Waals surface area contributed by atoms with Crippen LogP contribution in [0.5, 0.6) is 0 Å². The molecule has 1 saturated carbocycles. The van der Waals surface area contributed by atoms with Crippen molar-refractivity contribution in [2.24, 2.45) is 18.8 Å². The van der Waals surface area contributed by atoms with Crippen LogP contribution in [0.1, 0.15) is 50.3 Å². The Kier molecular flexibility index (Phi) is 3.96. The first-order valence-corrected chi connectivity index (χ1v) is 6.25. The molecular formula is C12H22N4. The summed E-state index contributed by atoms with van der Waals surface area (Å²) in [6.45, 7) is 0. The first-order valence-electron chi connectivity index (χ1n) is 6.25. The van der Waals surface area contributed by atoms with Crippen molar-refractivity contribution < 1.29 is 0 Å². The Morgan fingerprint density at radius 2 is 2.31 bits per heavy atom. The van der Waals surface area contributed by atoms with Crippen molar-refractivity contribution in [2.75, 3.05) is 0 Å². The number of hydrazine groups is 1. The quantitative estimate of drug-likeness (QED) is 0.591. The zero-order valence-electron chi connectivity index (χ0n) is 10.0. The average molecular weight is 222 g/mol. The molecule has 1 atom stereocenters. The van der Waals surface area contributed by atoms with Crippen LogP contribution in [0.15, 0.2) is 12.3 Å². The van der Waals surface area contributed by atoms with Gasteiger partial charge in [0.05, 0.1) is 11.7 Å². The second kappa shape index (κ2) is 5.46. The third-order valence-electron chi connectivity index (χ3n) is 3.76. The second-order valence-corrected chi connectivity index (χ2v) is 4.83. The summed E-state index contributed by atoms with van der Waals surface area (Å²) in [5.74, 6) is 6.55. The number of hydrogen-bond donors (Lipinski definition) is 2. The number of aromatic nitrogens is 2. The molecule has 0 aliphatic heterocycles. The summed E-state index contributed by atoms with van der Waals surface area (Å²) >= 11 is 0. The summed E-state index contributed by atoms with van der Waals surface area (Å²) in [6, 6.07) is 2.28. The Bertz CT molecular complexity index is 315. The molecule has 3 N–H and O–H groups in total. The molecule has 1 aliphatic carbocycles. The second-order valence-electron chi connectivity index (χ2n) is 4.83. The molecule has 0 spiro atoms. The van der Waals surface area contributed by atoms with Gasteiger partial charge >= 0.3 is 0 Å². The van der Waals surface area contributed by atoms with Crippen LogP contribution in [0.25, 0.3) is 0 Å². The molecule has 2 rings (SSSR count). The predicted octanol–water partition coefficient (Wildman–Crippen LogP) is 1.89. The molecular weight excluding hydrogens is 200 g/mol. The zero-order chi connectivity index (χ0) is 11.4. The third kappa shape index (κ3) is 2.62. The fourth-order valence-corrected chi connectivity index (χ4v) is 2.74. The van der Waals surface area contributed by atoms with Gasteiger partial charge in [0.25, 0.3) is 0 Å². The van der Waals surface area contributed by atoms with E-state index < -0.39 is 0 Å². The highest BCUT2D eigenvalue weighted by Gasteiger charge is 2.19.